The molecular weight excluding hydrogens is 629 g/mol. The molecule has 0 saturated carbocycles. The molecule has 2 aliphatic rings. The second kappa shape index (κ2) is 10.7. The van der Waals surface area contributed by atoms with Crippen LogP contribution in [0.5, 0.6) is 0 Å². The van der Waals surface area contributed by atoms with Gasteiger partial charge in [0.25, 0.3) is 0 Å². The Balaban J connectivity index is 1.18. The van der Waals surface area contributed by atoms with E-state index in [1.165, 1.54) is 76.9 Å². The van der Waals surface area contributed by atoms with Crippen LogP contribution in [0.1, 0.15) is 11.1 Å². The van der Waals surface area contributed by atoms with Crippen molar-refractivity contribution in [3.63, 3.8) is 0 Å². The zero-order valence-corrected chi connectivity index (χ0v) is 27.9. The molecule has 0 aromatic heterocycles. The number of anilines is 3. The Morgan fingerprint density at radius 1 is 0.423 bits per heavy atom. The molecule has 0 fully saturated rings. The van der Waals surface area contributed by atoms with Gasteiger partial charge in [-0.2, -0.15) is 10.5 Å². The van der Waals surface area contributed by atoms with Gasteiger partial charge in [0.05, 0.1) is 29.0 Å². The molecule has 0 amide bonds. The maximum Gasteiger partial charge on any atom is 0.248 e. The lowest BCUT2D eigenvalue weighted by Gasteiger charge is -2.37. The van der Waals surface area contributed by atoms with Crippen molar-refractivity contribution in [2.24, 2.45) is 0 Å². The summed E-state index contributed by atoms with van der Waals surface area (Å²) in [6, 6.07) is 61.0. The third-order valence-electron chi connectivity index (χ3n) is 11.3. The van der Waals surface area contributed by atoms with Gasteiger partial charge in [-0.25, -0.2) is 0 Å². The Morgan fingerprint density at radius 2 is 0.981 bits per heavy atom. The van der Waals surface area contributed by atoms with Crippen LogP contribution in [0.4, 0.5) is 17.1 Å². The quantitative estimate of drug-likeness (QED) is 0.141. The van der Waals surface area contributed by atoms with Crippen LogP contribution in [0.25, 0.3) is 65.7 Å². The summed E-state index contributed by atoms with van der Waals surface area (Å²) >= 11 is 0. The summed E-state index contributed by atoms with van der Waals surface area (Å²) in [6.07, 6.45) is 0. The van der Waals surface area contributed by atoms with Gasteiger partial charge in [0, 0.05) is 16.8 Å². The molecule has 0 spiro atoms. The molecule has 2 heterocycles. The highest BCUT2D eigenvalue weighted by molar-refractivity contribution is 7.01. The number of nitriles is 2. The fourth-order valence-corrected chi connectivity index (χ4v) is 8.94. The minimum atomic E-state index is 0.0314. The Morgan fingerprint density at radius 3 is 1.67 bits per heavy atom. The second-order valence-electron chi connectivity index (χ2n) is 13.9. The lowest BCUT2D eigenvalue weighted by molar-refractivity contribution is 1.31. The topological polar surface area (TPSA) is 50.8 Å². The van der Waals surface area contributed by atoms with Crippen LogP contribution in [-0.4, -0.2) is 6.71 Å². The molecular formula is C48H26BN3. The SMILES string of the molecule is N#Cc1ccc(-c2ccc3c(c2)B2c4cc(-c5ccc(C#N)cc5)ccc4N(c4ccc5ccc6cccc7ccc4c5c67)c4cccc-3c42)cc1. The largest absolute Gasteiger partial charge is 0.311 e. The van der Waals surface area contributed by atoms with Gasteiger partial charge < -0.3 is 4.90 Å². The Labute approximate surface area is 301 Å². The fraction of sp³-hybridized carbons (Fsp3) is 0. The fourth-order valence-electron chi connectivity index (χ4n) is 8.94. The molecule has 52 heavy (non-hydrogen) atoms. The van der Waals surface area contributed by atoms with E-state index in [-0.39, 0.29) is 6.71 Å². The number of fused-ring (bicyclic) bond motifs is 5. The van der Waals surface area contributed by atoms with Gasteiger partial charge in [-0.15, -0.1) is 0 Å². The van der Waals surface area contributed by atoms with E-state index in [9.17, 15) is 10.5 Å². The lowest BCUT2D eigenvalue weighted by atomic mass is 9.37. The summed E-state index contributed by atoms with van der Waals surface area (Å²) in [7, 11) is 0. The van der Waals surface area contributed by atoms with E-state index in [1.54, 1.807) is 0 Å². The minimum Gasteiger partial charge on any atom is -0.311 e. The second-order valence-corrected chi connectivity index (χ2v) is 13.9. The first-order valence-corrected chi connectivity index (χ1v) is 17.6. The normalized spacial score (nSPS) is 12.5. The van der Waals surface area contributed by atoms with E-state index < -0.39 is 0 Å². The third kappa shape index (κ3) is 3.95. The minimum absolute atomic E-state index is 0.0314. The molecule has 9 aromatic carbocycles. The van der Waals surface area contributed by atoms with Crippen LogP contribution in [0.15, 0.2) is 158 Å². The highest BCUT2D eigenvalue weighted by atomic mass is 15.2. The number of rotatable bonds is 3. The summed E-state index contributed by atoms with van der Waals surface area (Å²) < 4.78 is 0. The van der Waals surface area contributed by atoms with E-state index in [0.717, 1.165) is 22.3 Å². The van der Waals surface area contributed by atoms with E-state index in [0.29, 0.717) is 11.1 Å². The van der Waals surface area contributed by atoms with Crippen LogP contribution in [0.3, 0.4) is 0 Å². The average molecular weight is 656 g/mol. The van der Waals surface area contributed by atoms with Crippen molar-refractivity contribution in [1.82, 2.24) is 0 Å². The molecule has 4 heteroatoms. The van der Waals surface area contributed by atoms with Gasteiger partial charge in [0.1, 0.15) is 0 Å². The van der Waals surface area contributed by atoms with Crippen molar-refractivity contribution in [2.75, 3.05) is 4.90 Å². The molecule has 0 bridgehead atoms. The Hall–Kier alpha value is -7.14. The van der Waals surface area contributed by atoms with Crippen LogP contribution < -0.4 is 21.3 Å². The van der Waals surface area contributed by atoms with Gasteiger partial charge in [-0.1, -0.05) is 121 Å². The summed E-state index contributed by atoms with van der Waals surface area (Å²) in [5, 5.41) is 26.5. The van der Waals surface area contributed by atoms with Crippen molar-refractivity contribution < 1.29 is 0 Å². The predicted octanol–water partition coefficient (Wildman–Crippen LogP) is 9.94. The van der Waals surface area contributed by atoms with Gasteiger partial charge in [0.2, 0.25) is 6.71 Å². The number of hydrogen-bond acceptors (Lipinski definition) is 3. The van der Waals surface area contributed by atoms with Crippen molar-refractivity contribution >= 4 is 72.5 Å². The van der Waals surface area contributed by atoms with E-state index in [2.05, 4.69) is 126 Å². The van der Waals surface area contributed by atoms with E-state index in [1.807, 2.05) is 48.5 Å². The van der Waals surface area contributed by atoms with Crippen molar-refractivity contribution in [1.29, 1.82) is 10.5 Å². The lowest BCUT2D eigenvalue weighted by Crippen LogP contribution is -2.54. The third-order valence-corrected chi connectivity index (χ3v) is 11.3. The summed E-state index contributed by atoms with van der Waals surface area (Å²) in [5.74, 6) is 0. The molecule has 236 valence electrons. The van der Waals surface area contributed by atoms with E-state index in [4.69, 9.17) is 0 Å². The summed E-state index contributed by atoms with van der Waals surface area (Å²) in [5.41, 5.74) is 15.7. The maximum absolute atomic E-state index is 9.48. The predicted molar refractivity (Wildman–Crippen MR) is 215 cm³/mol. The number of hydrogen-bond donors (Lipinski definition) is 0. The first kappa shape index (κ1) is 28.7. The summed E-state index contributed by atoms with van der Waals surface area (Å²) in [6.45, 7) is 0.0314. The van der Waals surface area contributed by atoms with Gasteiger partial charge in [0.15, 0.2) is 0 Å². The van der Waals surface area contributed by atoms with Crippen molar-refractivity contribution in [3.05, 3.63) is 169 Å². The van der Waals surface area contributed by atoms with Crippen LogP contribution >= 0.6 is 0 Å². The zero-order chi connectivity index (χ0) is 34.5. The van der Waals surface area contributed by atoms with Gasteiger partial charge >= 0.3 is 0 Å². The molecule has 0 N–H and O–H groups in total. The van der Waals surface area contributed by atoms with Crippen LogP contribution in [-0.2, 0) is 0 Å². The van der Waals surface area contributed by atoms with Crippen LogP contribution in [0.2, 0.25) is 0 Å². The standard InChI is InChI=1S/C48H26BN3/c50-27-29-7-11-31(12-8-29)36-18-21-38-39-5-2-6-45-48(39)49(41(38)25-36)42-26-37(32-13-9-30(28-51)10-14-32)20-24-44(42)52(45)43-23-19-35-16-15-33-3-1-4-34-17-22-40(43)47(35)46(33)34/h1-26H. The number of benzene rings is 9. The first-order chi connectivity index (χ1) is 25.7. The molecule has 0 unspecified atom stereocenters. The smallest absolute Gasteiger partial charge is 0.248 e. The molecule has 0 aliphatic carbocycles. The molecule has 0 saturated heterocycles. The van der Waals surface area contributed by atoms with Gasteiger partial charge in [-0.05, 0) is 114 Å². The van der Waals surface area contributed by atoms with Crippen molar-refractivity contribution in [2.45, 2.75) is 0 Å². The molecule has 0 radical (unpaired) electrons. The van der Waals surface area contributed by atoms with Crippen LogP contribution in [0, 0.1) is 22.7 Å². The van der Waals surface area contributed by atoms with E-state index >= 15 is 0 Å². The molecule has 11 rings (SSSR count). The Kier molecular flexibility index (Phi) is 5.89. The molecule has 2 aliphatic heterocycles. The molecule has 0 atom stereocenters. The highest BCUT2D eigenvalue weighted by Crippen LogP contribution is 2.46. The molecule has 9 aromatic rings. The van der Waals surface area contributed by atoms with Gasteiger partial charge in [-0.3, -0.25) is 0 Å². The average Bonchev–Trinajstić information content (AvgIpc) is 3.55. The maximum atomic E-state index is 9.48. The van der Waals surface area contributed by atoms with Crippen molar-refractivity contribution in [3.8, 4) is 45.5 Å². The Bertz CT molecular complexity index is 3020. The first-order valence-electron chi connectivity index (χ1n) is 17.6. The summed E-state index contributed by atoms with van der Waals surface area (Å²) in [4.78, 5) is 2.49. The molecule has 3 nitrogen and oxygen atoms in total. The number of nitrogens with zero attached hydrogens (tertiary/aromatic N) is 3. The highest BCUT2D eigenvalue weighted by Gasteiger charge is 2.43. The monoisotopic (exact) mass is 655 g/mol. The zero-order valence-electron chi connectivity index (χ0n) is 27.9.